The van der Waals surface area contributed by atoms with Crippen LogP contribution in [0, 0.1) is 5.92 Å². The fourth-order valence-corrected chi connectivity index (χ4v) is 1.90. The van der Waals surface area contributed by atoms with Crippen molar-refractivity contribution >= 4 is 0 Å². The summed E-state index contributed by atoms with van der Waals surface area (Å²) in [6.45, 7) is 9.46. The largest absolute Gasteiger partial charge is 0.504 e. The van der Waals surface area contributed by atoms with Gasteiger partial charge in [-0.25, -0.2) is 0 Å². The summed E-state index contributed by atoms with van der Waals surface area (Å²) in [5.74, 6) is 0.986. The van der Waals surface area contributed by atoms with Gasteiger partial charge in [0, 0.05) is 6.54 Å². The van der Waals surface area contributed by atoms with E-state index in [9.17, 15) is 5.11 Å². The SMILES string of the molecule is CCCCc1nn(CC(C)C)c(CC)c1O. The quantitative estimate of drug-likeness (QED) is 0.806. The van der Waals surface area contributed by atoms with Gasteiger partial charge >= 0.3 is 0 Å². The number of aromatic nitrogens is 2. The minimum absolute atomic E-state index is 0.427. The molecule has 0 aliphatic carbocycles. The van der Waals surface area contributed by atoms with Gasteiger partial charge in [-0.1, -0.05) is 34.1 Å². The highest BCUT2D eigenvalue weighted by Gasteiger charge is 2.15. The summed E-state index contributed by atoms with van der Waals surface area (Å²) in [5, 5.41) is 14.6. The number of aromatic hydroxyl groups is 1. The topological polar surface area (TPSA) is 38.0 Å². The van der Waals surface area contributed by atoms with E-state index in [2.05, 4.69) is 32.8 Å². The summed E-state index contributed by atoms with van der Waals surface area (Å²) in [4.78, 5) is 0. The van der Waals surface area contributed by atoms with Crippen LogP contribution in [-0.4, -0.2) is 14.9 Å². The number of aryl methyl sites for hydroxylation is 1. The molecule has 1 aromatic rings. The summed E-state index contributed by atoms with van der Waals surface area (Å²) in [7, 11) is 0. The van der Waals surface area contributed by atoms with Crippen molar-refractivity contribution in [2.24, 2.45) is 5.92 Å². The molecule has 0 bridgehead atoms. The molecule has 0 amide bonds. The molecule has 3 nitrogen and oxygen atoms in total. The van der Waals surface area contributed by atoms with E-state index in [-0.39, 0.29) is 0 Å². The first kappa shape index (κ1) is 13.1. The molecule has 0 spiro atoms. The maximum Gasteiger partial charge on any atom is 0.160 e. The lowest BCUT2D eigenvalue weighted by Crippen LogP contribution is -2.09. The molecular formula is C13H24N2O. The maximum absolute atomic E-state index is 10.1. The zero-order valence-electron chi connectivity index (χ0n) is 11.0. The first-order valence-electron chi connectivity index (χ1n) is 6.37. The van der Waals surface area contributed by atoms with Crippen LogP contribution in [0.25, 0.3) is 0 Å². The molecule has 1 rings (SSSR count). The molecule has 1 heterocycles. The molecule has 16 heavy (non-hydrogen) atoms. The van der Waals surface area contributed by atoms with E-state index in [1.807, 2.05) is 4.68 Å². The van der Waals surface area contributed by atoms with Crippen LogP contribution < -0.4 is 0 Å². The Morgan fingerprint density at radius 1 is 1.31 bits per heavy atom. The Balaban J connectivity index is 2.90. The Hall–Kier alpha value is -0.990. The summed E-state index contributed by atoms with van der Waals surface area (Å²) < 4.78 is 1.98. The second kappa shape index (κ2) is 5.92. The highest BCUT2D eigenvalue weighted by Crippen LogP contribution is 2.24. The summed E-state index contributed by atoms with van der Waals surface area (Å²) in [5.41, 5.74) is 1.86. The van der Waals surface area contributed by atoms with Crippen LogP contribution in [0.2, 0.25) is 0 Å². The monoisotopic (exact) mass is 224 g/mol. The Bertz CT molecular complexity index is 329. The van der Waals surface area contributed by atoms with Gasteiger partial charge in [0.25, 0.3) is 0 Å². The first-order valence-corrected chi connectivity index (χ1v) is 6.37. The van der Waals surface area contributed by atoms with Gasteiger partial charge in [-0.2, -0.15) is 5.10 Å². The van der Waals surface area contributed by atoms with Crippen molar-refractivity contribution in [1.82, 2.24) is 9.78 Å². The van der Waals surface area contributed by atoms with Gasteiger partial charge in [0.15, 0.2) is 5.75 Å². The minimum Gasteiger partial charge on any atom is -0.504 e. The molecule has 0 aromatic carbocycles. The van der Waals surface area contributed by atoms with Gasteiger partial charge in [-0.15, -0.1) is 0 Å². The number of nitrogens with zero attached hydrogens (tertiary/aromatic N) is 2. The smallest absolute Gasteiger partial charge is 0.160 e. The average molecular weight is 224 g/mol. The molecule has 0 unspecified atom stereocenters. The standard InChI is InChI=1S/C13H24N2O/c1-5-7-8-11-13(16)12(6-2)15(14-11)9-10(3)4/h10,16H,5-9H2,1-4H3. The van der Waals surface area contributed by atoms with Gasteiger partial charge < -0.3 is 5.11 Å². The van der Waals surface area contributed by atoms with Crippen molar-refractivity contribution in [2.45, 2.75) is 59.9 Å². The average Bonchev–Trinajstić information content (AvgIpc) is 2.51. The molecule has 92 valence electrons. The van der Waals surface area contributed by atoms with Crippen molar-refractivity contribution in [1.29, 1.82) is 0 Å². The van der Waals surface area contributed by atoms with Crippen molar-refractivity contribution in [3.8, 4) is 5.75 Å². The molecule has 0 aliphatic rings. The Labute approximate surface area is 98.5 Å². The predicted molar refractivity (Wildman–Crippen MR) is 66.7 cm³/mol. The van der Waals surface area contributed by atoms with Gasteiger partial charge in [-0.3, -0.25) is 4.68 Å². The molecular weight excluding hydrogens is 200 g/mol. The molecule has 0 saturated heterocycles. The van der Waals surface area contributed by atoms with E-state index in [1.54, 1.807) is 0 Å². The van der Waals surface area contributed by atoms with Crippen LogP contribution in [-0.2, 0) is 19.4 Å². The third kappa shape index (κ3) is 3.00. The summed E-state index contributed by atoms with van der Waals surface area (Å²) >= 11 is 0. The lowest BCUT2D eigenvalue weighted by molar-refractivity contribution is 0.445. The number of rotatable bonds is 6. The fourth-order valence-electron chi connectivity index (χ4n) is 1.90. The molecule has 1 N–H and O–H groups in total. The Morgan fingerprint density at radius 2 is 2.00 bits per heavy atom. The summed E-state index contributed by atoms with van der Waals surface area (Å²) in [6, 6.07) is 0. The Kier molecular flexibility index (Phi) is 4.84. The van der Waals surface area contributed by atoms with Crippen molar-refractivity contribution < 1.29 is 5.11 Å². The molecule has 0 radical (unpaired) electrons. The van der Waals surface area contributed by atoms with Gasteiger partial charge in [-0.05, 0) is 25.2 Å². The minimum atomic E-state index is 0.427. The second-order valence-corrected chi connectivity index (χ2v) is 4.78. The predicted octanol–water partition coefficient (Wildman–Crippen LogP) is 3.15. The lowest BCUT2D eigenvalue weighted by atomic mass is 10.1. The van der Waals surface area contributed by atoms with E-state index < -0.39 is 0 Å². The maximum atomic E-state index is 10.1. The lowest BCUT2D eigenvalue weighted by Gasteiger charge is -2.07. The van der Waals surface area contributed by atoms with Crippen molar-refractivity contribution in [3.05, 3.63) is 11.4 Å². The van der Waals surface area contributed by atoms with Crippen molar-refractivity contribution in [2.75, 3.05) is 0 Å². The highest BCUT2D eigenvalue weighted by molar-refractivity contribution is 5.32. The zero-order valence-corrected chi connectivity index (χ0v) is 11.0. The molecule has 0 saturated carbocycles. The number of hydrogen-bond donors (Lipinski definition) is 1. The van der Waals surface area contributed by atoms with E-state index in [0.29, 0.717) is 11.7 Å². The third-order valence-corrected chi connectivity index (χ3v) is 2.74. The van der Waals surface area contributed by atoms with Gasteiger partial charge in [0.05, 0.1) is 5.69 Å². The van der Waals surface area contributed by atoms with Crippen LogP contribution in [0.5, 0.6) is 5.75 Å². The highest BCUT2D eigenvalue weighted by atomic mass is 16.3. The molecule has 1 aromatic heterocycles. The van der Waals surface area contributed by atoms with Gasteiger partial charge in [0.2, 0.25) is 0 Å². The molecule has 0 fully saturated rings. The van der Waals surface area contributed by atoms with E-state index in [0.717, 1.165) is 43.6 Å². The zero-order chi connectivity index (χ0) is 12.1. The second-order valence-electron chi connectivity index (χ2n) is 4.78. The van der Waals surface area contributed by atoms with Crippen LogP contribution in [0.3, 0.4) is 0 Å². The fraction of sp³-hybridized carbons (Fsp3) is 0.769. The molecule has 0 atom stereocenters. The van der Waals surface area contributed by atoms with Crippen LogP contribution >= 0.6 is 0 Å². The first-order chi connectivity index (χ1) is 7.60. The van der Waals surface area contributed by atoms with E-state index in [4.69, 9.17) is 0 Å². The third-order valence-electron chi connectivity index (χ3n) is 2.74. The summed E-state index contributed by atoms with van der Waals surface area (Å²) in [6.07, 6.45) is 3.96. The van der Waals surface area contributed by atoms with E-state index in [1.165, 1.54) is 0 Å². The Morgan fingerprint density at radius 3 is 2.50 bits per heavy atom. The van der Waals surface area contributed by atoms with Gasteiger partial charge in [0.1, 0.15) is 5.69 Å². The normalized spacial score (nSPS) is 11.3. The molecule has 0 aliphatic heterocycles. The van der Waals surface area contributed by atoms with Crippen LogP contribution in [0.1, 0.15) is 51.9 Å². The number of unbranched alkanes of at least 4 members (excludes halogenated alkanes) is 1. The van der Waals surface area contributed by atoms with E-state index >= 15 is 0 Å². The van der Waals surface area contributed by atoms with Crippen LogP contribution in [0.4, 0.5) is 0 Å². The van der Waals surface area contributed by atoms with Crippen LogP contribution in [0.15, 0.2) is 0 Å². The van der Waals surface area contributed by atoms with Crippen molar-refractivity contribution in [3.63, 3.8) is 0 Å². The molecule has 3 heteroatoms. The number of hydrogen-bond acceptors (Lipinski definition) is 2.